The van der Waals surface area contributed by atoms with Gasteiger partial charge in [-0.25, -0.2) is 9.97 Å². The standard InChI is InChI=1S/C58H42N2O/c1-57(2)48-19-10-8-17-42(48)46-32-51-47(33-50(46)57)45-30-40(26-28-49(45)58(51,3)4)39-16-12-15-38(29-39)35-21-23-36(24-22-35)52-34-53(60-56(59-52)37-13-6-5-7-14-37)41-25-27-44-43-18-9-11-20-54(43)61-55(44)31-41/h5-34H,1-4H3. The zero-order valence-electron chi connectivity index (χ0n) is 34.6. The van der Waals surface area contributed by atoms with Crippen molar-refractivity contribution in [3.05, 3.63) is 204 Å². The fraction of sp³-hybridized carbons (Fsp3) is 0.103. The molecular weight excluding hydrogens is 741 g/mol. The van der Waals surface area contributed by atoms with Crippen molar-refractivity contribution in [1.29, 1.82) is 0 Å². The SMILES string of the molecule is CC1(C)c2ccccc2-c2cc3c(cc21)-c1cc(-c2cccc(-c4ccc(-c5cc(-c6ccc7c(c6)oc6ccccc67)nc(-c6ccccc6)n5)cc4)c2)ccc1C3(C)C. The highest BCUT2D eigenvalue weighted by Gasteiger charge is 2.41. The quantitative estimate of drug-likeness (QED) is 0.175. The number of aromatic nitrogens is 2. The molecule has 2 aliphatic carbocycles. The van der Waals surface area contributed by atoms with E-state index in [0.29, 0.717) is 5.82 Å². The van der Waals surface area contributed by atoms with Crippen LogP contribution < -0.4 is 0 Å². The van der Waals surface area contributed by atoms with Crippen LogP contribution in [0.4, 0.5) is 0 Å². The van der Waals surface area contributed by atoms with E-state index in [1.807, 2.05) is 36.4 Å². The van der Waals surface area contributed by atoms with E-state index in [1.165, 1.54) is 61.2 Å². The van der Waals surface area contributed by atoms with Crippen molar-refractivity contribution in [2.75, 3.05) is 0 Å². The van der Waals surface area contributed by atoms with E-state index in [0.717, 1.165) is 55.6 Å². The van der Waals surface area contributed by atoms with Gasteiger partial charge < -0.3 is 4.42 Å². The lowest BCUT2D eigenvalue weighted by Gasteiger charge is -2.24. The summed E-state index contributed by atoms with van der Waals surface area (Å²) in [7, 11) is 0. The summed E-state index contributed by atoms with van der Waals surface area (Å²) in [6.07, 6.45) is 0. The first-order chi connectivity index (χ1) is 29.7. The number of hydrogen-bond acceptors (Lipinski definition) is 3. The molecule has 2 aliphatic rings. The second kappa shape index (κ2) is 13.1. The third-order valence-electron chi connectivity index (χ3n) is 13.5. The first kappa shape index (κ1) is 35.6. The Balaban J connectivity index is 0.889. The van der Waals surface area contributed by atoms with Gasteiger partial charge in [-0.3, -0.25) is 0 Å². The van der Waals surface area contributed by atoms with Crippen LogP contribution in [0.2, 0.25) is 0 Å². The number of rotatable bonds is 5. The smallest absolute Gasteiger partial charge is 0.160 e. The molecular formula is C58H42N2O. The summed E-state index contributed by atoms with van der Waals surface area (Å²) in [4.78, 5) is 10.2. The molecule has 2 aromatic heterocycles. The van der Waals surface area contributed by atoms with Gasteiger partial charge >= 0.3 is 0 Å². The van der Waals surface area contributed by atoms with Crippen molar-refractivity contribution in [1.82, 2.24) is 9.97 Å². The molecule has 0 saturated heterocycles. The number of nitrogens with zero attached hydrogens (tertiary/aromatic N) is 2. The van der Waals surface area contributed by atoms with Crippen LogP contribution in [-0.2, 0) is 10.8 Å². The molecule has 8 aromatic carbocycles. The lowest BCUT2D eigenvalue weighted by molar-refractivity contribution is 0.652. The first-order valence-electron chi connectivity index (χ1n) is 21.2. The molecule has 3 nitrogen and oxygen atoms in total. The van der Waals surface area contributed by atoms with E-state index in [9.17, 15) is 0 Å². The maximum atomic E-state index is 6.27. The van der Waals surface area contributed by atoms with E-state index in [1.54, 1.807) is 0 Å². The van der Waals surface area contributed by atoms with Crippen LogP contribution in [0.5, 0.6) is 0 Å². The van der Waals surface area contributed by atoms with Crippen LogP contribution in [-0.4, -0.2) is 9.97 Å². The number of furan rings is 1. The van der Waals surface area contributed by atoms with Gasteiger partial charge in [0, 0.05) is 38.3 Å². The second-order valence-corrected chi connectivity index (χ2v) is 17.8. The fourth-order valence-electron chi connectivity index (χ4n) is 10.2. The molecule has 12 rings (SSSR count). The summed E-state index contributed by atoms with van der Waals surface area (Å²) in [6.45, 7) is 9.51. The van der Waals surface area contributed by atoms with Gasteiger partial charge in [-0.15, -0.1) is 0 Å². The van der Waals surface area contributed by atoms with Gasteiger partial charge in [0.2, 0.25) is 0 Å². The molecule has 10 aromatic rings. The number of benzene rings is 8. The maximum Gasteiger partial charge on any atom is 0.160 e. The number of fused-ring (bicyclic) bond motifs is 9. The van der Waals surface area contributed by atoms with Gasteiger partial charge in [0.25, 0.3) is 0 Å². The second-order valence-electron chi connectivity index (χ2n) is 17.8. The van der Waals surface area contributed by atoms with E-state index in [-0.39, 0.29) is 10.8 Å². The van der Waals surface area contributed by atoms with Crippen LogP contribution in [0.25, 0.3) is 100 Å². The van der Waals surface area contributed by atoms with E-state index in [4.69, 9.17) is 14.4 Å². The van der Waals surface area contributed by atoms with E-state index >= 15 is 0 Å². The predicted octanol–water partition coefficient (Wildman–Crippen LogP) is 15.3. The highest BCUT2D eigenvalue weighted by Crippen LogP contribution is 2.56. The van der Waals surface area contributed by atoms with Crippen molar-refractivity contribution in [2.45, 2.75) is 38.5 Å². The number of hydrogen-bond donors (Lipinski definition) is 0. The molecule has 0 fully saturated rings. The maximum absolute atomic E-state index is 6.27. The van der Waals surface area contributed by atoms with Crippen molar-refractivity contribution in [3.63, 3.8) is 0 Å². The van der Waals surface area contributed by atoms with Crippen molar-refractivity contribution < 1.29 is 4.42 Å². The van der Waals surface area contributed by atoms with Crippen LogP contribution in [0.15, 0.2) is 186 Å². The van der Waals surface area contributed by atoms with Gasteiger partial charge in [-0.2, -0.15) is 0 Å². The van der Waals surface area contributed by atoms with E-state index in [2.05, 4.69) is 173 Å². The lowest BCUT2D eigenvalue weighted by atomic mass is 9.79. The van der Waals surface area contributed by atoms with Crippen LogP contribution in [0.1, 0.15) is 49.9 Å². The first-order valence-corrected chi connectivity index (χ1v) is 21.2. The average molecular weight is 783 g/mol. The molecule has 0 radical (unpaired) electrons. The highest BCUT2D eigenvalue weighted by molar-refractivity contribution is 6.06. The minimum atomic E-state index is -0.0854. The Kier molecular flexibility index (Phi) is 7.62. The molecule has 0 saturated carbocycles. The van der Waals surface area contributed by atoms with Crippen LogP contribution in [0, 0.1) is 0 Å². The monoisotopic (exact) mass is 782 g/mol. The minimum Gasteiger partial charge on any atom is -0.456 e. The Labute approximate surface area is 356 Å². The molecule has 290 valence electrons. The summed E-state index contributed by atoms with van der Waals surface area (Å²) in [5.74, 6) is 0.688. The Morgan fingerprint density at radius 3 is 1.66 bits per heavy atom. The molecule has 0 unspecified atom stereocenters. The summed E-state index contributed by atoms with van der Waals surface area (Å²) >= 11 is 0. The van der Waals surface area contributed by atoms with Gasteiger partial charge in [0.15, 0.2) is 5.82 Å². The Morgan fingerprint density at radius 2 is 0.869 bits per heavy atom. The highest BCUT2D eigenvalue weighted by atomic mass is 16.3. The van der Waals surface area contributed by atoms with Crippen LogP contribution in [0.3, 0.4) is 0 Å². The molecule has 2 heterocycles. The van der Waals surface area contributed by atoms with Gasteiger partial charge in [-0.05, 0) is 115 Å². The molecule has 3 heteroatoms. The summed E-state index contributed by atoms with van der Waals surface area (Å²) in [6, 6.07) is 65.6. The molecule has 0 N–H and O–H groups in total. The predicted molar refractivity (Wildman–Crippen MR) is 252 cm³/mol. The van der Waals surface area contributed by atoms with E-state index < -0.39 is 0 Å². The lowest BCUT2D eigenvalue weighted by Crippen LogP contribution is -2.16. The topological polar surface area (TPSA) is 38.9 Å². The molecule has 0 bridgehead atoms. The Morgan fingerprint density at radius 1 is 0.328 bits per heavy atom. The van der Waals surface area contributed by atoms with Crippen LogP contribution >= 0.6 is 0 Å². The largest absolute Gasteiger partial charge is 0.456 e. The van der Waals surface area contributed by atoms with Gasteiger partial charge in [0.05, 0.1) is 11.4 Å². The summed E-state index contributed by atoms with van der Waals surface area (Å²) in [5.41, 5.74) is 22.2. The zero-order chi connectivity index (χ0) is 41.0. The number of para-hydroxylation sites is 1. The van der Waals surface area contributed by atoms with Crippen molar-refractivity contribution in [3.8, 4) is 78.4 Å². The normalized spacial score (nSPS) is 14.2. The van der Waals surface area contributed by atoms with Gasteiger partial charge in [0.1, 0.15) is 11.2 Å². The van der Waals surface area contributed by atoms with Gasteiger partial charge in [-0.1, -0.05) is 161 Å². The van der Waals surface area contributed by atoms with Crippen molar-refractivity contribution in [2.24, 2.45) is 0 Å². The third kappa shape index (κ3) is 5.50. The summed E-state index contributed by atoms with van der Waals surface area (Å²) < 4.78 is 6.27. The summed E-state index contributed by atoms with van der Waals surface area (Å²) in [5, 5.41) is 2.21. The minimum absolute atomic E-state index is 0.0413. The molecule has 0 aliphatic heterocycles. The molecule has 0 amide bonds. The van der Waals surface area contributed by atoms with Crippen molar-refractivity contribution >= 4 is 21.9 Å². The fourth-order valence-corrected chi connectivity index (χ4v) is 10.2. The Bertz CT molecular complexity index is 3410. The molecule has 0 atom stereocenters. The molecule has 0 spiro atoms. The average Bonchev–Trinajstić information content (AvgIpc) is 3.87. The Hall–Kier alpha value is -7.36. The molecule has 61 heavy (non-hydrogen) atoms. The third-order valence-corrected chi connectivity index (χ3v) is 13.5. The zero-order valence-corrected chi connectivity index (χ0v) is 34.6.